The number of nitrogens with one attached hydrogen (secondary N) is 1. The van der Waals surface area contributed by atoms with Crippen molar-refractivity contribution >= 4 is 29.1 Å². The molecule has 0 aliphatic carbocycles. The Kier molecular flexibility index (Phi) is 3.71. The normalized spacial score (nSPS) is 10.5. The van der Waals surface area contributed by atoms with Crippen LogP contribution in [-0.2, 0) is 6.54 Å². The lowest BCUT2D eigenvalue weighted by atomic mass is 10.2. The third-order valence-corrected chi connectivity index (χ3v) is 3.00. The molecule has 7 heteroatoms. The molecule has 1 aromatic heterocycles. The number of hydrogen-bond acceptors (Lipinski definition) is 5. The van der Waals surface area contributed by atoms with E-state index in [-0.39, 0.29) is 12.5 Å². The SMILES string of the molecule is Cc1nc(N)nc(NCc2c(F)cccc2Cl)c1N. The fraction of sp³-hybridized carbons (Fsp3) is 0.167. The van der Waals surface area contributed by atoms with Crippen molar-refractivity contribution in [3.8, 4) is 0 Å². The monoisotopic (exact) mass is 281 g/mol. The van der Waals surface area contributed by atoms with E-state index < -0.39 is 5.82 Å². The molecule has 2 rings (SSSR count). The van der Waals surface area contributed by atoms with Crippen LogP contribution in [-0.4, -0.2) is 9.97 Å². The second-order valence-corrected chi connectivity index (χ2v) is 4.39. The molecule has 0 aliphatic heterocycles. The summed E-state index contributed by atoms with van der Waals surface area (Å²) in [5.74, 6) is 0.0791. The molecule has 0 fully saturated rings. The Labute approximate surface area is 114 Å². The van der Waals surface area contributed by atoms with Crippen molar-refractivity contribution < 1.29 is 4.39 Å². The summed E-state index contributed by atoms with van der Waals surface area (Å²) in [5.41, 5.74) is 12.6. The van der Waals surface area contributed by atoms with Crippen molar-refractivity contribution in [3.05, 3.63) is 40.3 Å². The number of hydrogen-bond donors (Lipinski definition) is 3. The number of aryl methyl sites for hydroxylation is 1. The van der Waals surface area contributed by atoms with Gasteiger partial charge in [0.25, 0.3) is 0 Å². The second-order valence-electron chi connectivity index (χ2n) is 3.98. The Bertz CT molecular complexity index is 597. The van der Waals surface area contributed by atoms with E-state index >= 15 is 0 Å². The molecule has 0 saturated heterocycles. The van der Waals surface area contributed by atoms with Crippen LogP contribution in [0.1, 0.15) is 11.3 Å². The van der Waals surface area contributed by atoms with Crippen molar-refractivity contribution in [2.24, 2.45) is 0 Å². The highest BCUT2D eigenvalue weighted by Crippen LogP contribution is 2.23. The molecule has 0 unspecified atom stereocenters. The summed E-state index contributed by atoms with van der Waals surface area (Å²) in [5, 5.41) is 3.25. The number of halogens is 2. The Morgan fingerprint density at radius 1 is 1.32 bits per heavy atom. The summed E-state index contributed by atoms with van der Waals surface area (Å²) in [6.45, 7) is 1.88. The lowest BCUT2D eigenvalue weighted by Crippen LogP contribution is -2.10. The molecular weight excluding hydrogens is 269 g/mol. The van der Waals surface area contributed by atoms with Crippen LogP contribution >= 0.6 is 11.6 Å². The van der Waals surface area contributed by atoms with E-state index in [1.54, 1.807) is 19.1 Å². The lowest BCUT2D eigenvalue weighted by Gasteiger charge is -2.11. The zero-order chi connectivity index (χ0) is 14.0. The first-order valence-electron chi connectivity index (χ1n) is 5.55. The van der Waals surface area contributed by atoms with Crippen LogP contribution in [0.15, 0.2) is 18.2 Å². The van der Waals surface area contributed by atoms with Gasteiger partial charge in [0.1, 0.15) is 5.82 Å². The molecule has 1 heterocycles. The number of nitrogen functional groups attached to an aromatic ring is 2. The Morgan fingerprint density at radius 2 is 2.05 bits per heavy atom. The lowest BCUT2D eigenvalue weighted by molar-refractivity contribution is 0.613. The van der Waals surface area contributed by atoms with E-state index in [4.69, 9.17) is 23.1 Å². The smallest absolute Gasteiger partial charge is 0.222 e. The first-order valence-corrected chi connectivity index (χ1v) is 5.93. The van der Waals surface area contributed by atoms with Gasteiger partial charge >= 0.3 is 0 Å². The number of nitrogens with zero attached hydrogens (tertiary/aromatic N) is 2. The van der Waals surface area contributed by atoms with Gasteiger partial charge in [-0.15, -0.1) is 0 Å². The summed E-state index contributed by atoms with van der Waals surface area (Å²) < 4.78 is 13.6. The van der Waals surface area contributed by atoms with Gasteiger partial charge in [-0.2, -0.15) is 4.98 Å². The predicted octanol–water partition coefficient (Wildman–Crippen LogP) is 2.35. The van der Waals surface area contributed by atoms with Gasteiger partial charge in [-0.25, -0.2) is 9.37 Å². The van der Waals surface area contributed by atoms with Crippen LogP contribution < -0.4 is 16.8 Å². The van der Waals surface area contributed by atoms with Gasteiger partial charge in [0, 0.05) is 17.1 Å². The molecule has 0 atom stereocenters. The van der Waals surface area contributed by atoms with E-state index in [0.29, 0.717) is 27.8 Å². The van der Waals surface area contributed by atoms with Crippen LogP contribution in [0.4, 0.5) is 21.8 Å². The van der Waals surface area contributed by atoms with Crippen LogP contribution in [0.25, 0.3) is 0 Å². The molecule has 2 aromatic rings. The average molecular weight is 282 g/mol. The molecule has 1 aromatic carbocycles. The van der Waals surface area contributed by atoms with E-state index in [1.165, 1.54) is 6.07 Å². The average Bonchev–Trinajstić information content (AvgIpc) is 2.34. The molecule has 19 heavy (non-hydrogen) atoms. The molecule has 5 N–H and O–H groups in total. The summed E-state index contributed by atoms with van der Waals surface area (Å²) >= 11 is 5.93. The van der Waals surface area contributed by atoms with Crippen LogP contribution in [0.3, 0.4) is 0 Å². The molecular formula is C12H13ClFN5. The molecule has 0 saturated carbocycles. The fourth-order valence-corrected chi connectivity index (χ4v) is 1.84. The largest absolute Gasteiger partial charge is 0.394 e. The van der Waals surface area contributed by atoms with Crippen molar-refractivity contribution in [1.29, 1.82) is 0 Å². The second kappa shape index (κ2) is 5.27. The third kappa shape index (κ3) is 2.85. The van der Waals surface area contributed by atoms with Gasteiger partial charge in [0.15, 0.2) is 5.82 Å². The minimum Gasteiger partial charge on any atom is -0.394 e. The summed E-state index contributed by atoms with van der Waals surface area (Å²) in [4.78, 5) is 7.90. The highest BCUT2D eigenvalue weighted by Gasteiger charge is 2.10. The number of benzene rings is 1. The van der Waals surface area contributed by atoms with E-state index in [1.807, 2.05) is 0 Å². The van der Waals surface area contributed by atoms with Crippen LogP contribution in [0.5, 0.6) is 0 Å². The Hall–Kier alpha value is -2.08. The standard InChI is InChI=1S/C12H13ClFN5/c1-6-10(15)11(19-12(16)18-6)17-5-7-8(13)3-2-4-9(7)14/h2-4H,5,15H2,1H3,(H3,16,17,18,19). The molecule has 100 valence electrons. The van der Waals surface area contributed by atoms with Crippen LogP contribution in [0, 0.1) is 12.7 Å². The fourth-order valence-electron chi connectivity index (χ4n) is 1.61. The highest BCUT2D eigenvalue weighted by atomic mass is 35.5. The summed E-state index contributed by atoms with van der Waals surface area (Å²) in [6, 6.07) is 4.50. The van der Waals surface area contributed by atoms with Gasteiger partial charge in [0.05, 0.1) is 11.4 Å². The maximum Gasteiger partial charge on any atom is 0.222 e. The molecule has 0 spiro atoms. The Morgan fingerprint density at radius 3 is 2.74 bits per heavy atom. The maximum atomic E-state index is 13.6. The van der Waals surface area contributed by atoms with E-state index in [9.17, 15) is 4.39 Å². The van der Waals surface area contributed by atoms with Gasteiger partial charge in [-0.05, 0) is 19.1 Å². The van der Waals surface area contributed by atoms with Gasteiger partial charge < -0.3 is 16.8 Å². The van der Waals surface area contributed by atoms with E-state index in [0.717, 1.165) is 0 Å². The zero-order valence-electron chi connectivity index (χ0n) is 10.2. The molecule has 0 aliphatic rings. The van der Waals surface area contributed by atoms with Gasteiger partial charge in [0.2, 0.25) is 5.95 Å². The van der Waals surface area contributed by atoms with E-state index in [2.05, 4.69) is 15.3 Å². The number of nitrogens with two attached hydrogens (primary N) is 2. The minimum atomic E-state index is -0.391. The Balaban J connectivity index is 2.24. The van der Waals surface area contributed by atoms with Crippen molar-refractivity contribution in [1.82, 2.24) is 9.97 Å². The molecule has 0 bridgehead atoms. The topological polar surface area (TPSA) is 89.8 Å². The number of anilines is 3. The third-order valence-electron chi connectivity index (χ3n) is 2.65. The number of rotatable bonds is 3. The first kappa shape index (κ1) is 13.4. The van der Waals surface area contributed by atoms with Gasteiger partial charge in [-0.3, -0.25) is 0 Å². The maximum absolute atomic E-state index is 13.6. The predicted molar refractivity (Wildman–Crippen MR) is 74.3 cm³/mol. The number of aromatic nitrogens is 2. The van der Waals surface area contributed by atoms with Crippen molar-refractivity contribution in [2.75, 3.05) is 16.8 Å². The first-order chi connectivity index (χ1) is 8.99. The summed E-state index contributed by atoms with van der Waals surface area (Å²) in [6.07, 6.45) is 0. The minimum absolute atomic E-state index is 0.105. The summed E-state index contributed by atoms with van der Waals surface area (Å²) in [7, 11) is 0. The molecule has 0 radical (unpaired) electrons. The highest BCUT2D eigenvalue weighted by molar-refractivity contribution is 6.31. The van der Waals surface area contributed by atoms with Crippen molar-refractivity contribution in [2.45, 2.75) is 13.5 Å². The van der Waals surface area contributed by atoms with Crippen molar-refractivity contribution in [3.63, 3.8) is 0 Å². The molecule has 0 amide bonds. The zero-order valence-corrected chi connectivity index (χ0v) is 11.0. The van der Waals surface area contributed by atoms with Crippen LogP contribution in [0.2, 0.25) is 5.02 Å². The van der Waals surface area contributed by atoms with Gasteiger partial charge in [-0.1, -0.05) is 17.7 Å². The molecule has 5 nitrogen and oxygen atoms in total. The quantitative estimate of drug-likeness (QED) is 0.803.